The van der Waals surface area contributed by atoms with Gasteiger partial charge in [0.2, 0.25) is 0 Å². The number of benzene rings is 2. The summed E-state index contributed by atoms with van der Waals surface area (Å²) < 4.78 is 53.7. The van der Waals surface area contributed by atoms with Crippen molar-refractivity contribution in [2.24, 2.45) is 0 Å². The van der Waals surface area contributed by atoms with E-state index in [1.54, 1.807) is 30.3 Å². The Balaban J connectivity index is 2.24. The fraction of sp³-hybridized carbons (Fsp3) is 0.200. The van der Waals surface area contributed by atoms with Crippen LogP contribution >= 0.6 is 0 Å². The van der Waals surface area contributed by atoms with Crippen molar-refractivity contribution in [2.45, 2.75) is 24.0 Å². The standard InChI is InChI=1S/C15H14F3NOS/c1-11-7-9-13(10-8-11)21(20)19-14(15(16,17)18)12-5-3-2-4-6-12/h2-10,14,19H,1H3/t14-,21+/m1/s1. The molecule has 0 aliphatic rings. The van der Waals surface area contributed by atoms with Crippen LogP contribution < -0.4 is 4.72 Å². The van der Waals surface area contributed by atoms with Gasteiger partial charge in [-0.1, -0.05) is 48.0 Å². The number of aryl methyl sites for hydroxylation is 1. The van der Waals surface area contributed by atoms with Crippen LogP contribution in [-0.2, 0) is 11.0 Å². The van der Waals surface area contributed by atoms with Crippen molar-refractivity contribution in [3.8, 4) is 0 Å². The Bertz CT molecular complexity index is 611. The molecule has 0 radical (unpaired) electrons. The zero-order chi connectivity index (χ0) is 15.5. The summed E-state index contributed by atoms with van der Waals surface area (Å²) in [6.07, 6.45) is -4.53. The first-order valence-corrected chi connectivity index (χ1v) is 7.39. The highest BCUT2D eigenvalue weighted by Gasteiger charge is 2.41. The van der Waals surface area contributed by atoms with Gasteiger partial charge in [0.05, 0.1) is 4.90 Å². The molecular formula is C15H14F3NOS. The van der Waals surface area contributed by atoms with Crippen molar-refractivity contribution in [1.29, 1.82) is 0 Å². The molecule has 0 aliphatic carbocycles. The van der Waals surface area contributed by atoms with Gasteiger partial charge in [-0.3, -0.25) is 0 Å². The van der Waals surface area contributed by atoms with Crippen LogP contribution in [0.2, 0.25) is 0 Å². The number of alkyl halides is 3. The molecule has 0 bridgehead atoms. The second kappa shape index (κ2) is 6.41. The molecular weight excluding hydrogens is 299 g/mol. The van der Waals surface area contributed by atoms with E-state index in [0.717, 1.165) is 5.56 Å². The molecule has 0 spiro atoms. The fourth-order valence-electron chi connectivity index (χ4n) is 1.81. The van der Waals surface area contributed by atoms with Crippen molar-refractivity contribution in [3.05, 3.63) is 65.7 Å². The predicted molar refractivity (Wildman–Crippen MR) is 76.0 cm³/mol. The summed E-state index contributed by atoms with van der Waals surface area (Å²) >= 11 is 0. The van der Waals surface area contributed by atoms with Crippen LogP contribution in [0.3, 0.4) is 0 Å². The lowest BCUT2D eigenvalue weighted by Gasteiger charge is -2.21. The zero-order valence-corrected chi connectivity index (χ0v) is 12.0. The molecule has 0 saturated heterocycles. The summed E-state index contributed by atoms with van der Waals surface area (Å²) in [6.45, 7) is 1.85. The maximum atomic E-state index is 13.1. The van der Waals surface area contributed by atoms with E-state index in [-0.39, 0.29) is 5.56 Å². The molecule has 2 aromatic rings. The monoisotopic (exact) mass is 313 g/mol. The molecule has 2 aromatic carbocycles. The Morgan fingerprint density at radius 1 is 1.00 bits per heavy atom. The van der Waals surface area contributed by atoms with Gasteiger partial charge in [-0.2, -0.15) is 13.2 Å². The third-order valence-corrected chi connectivity index (χ3v) is 4.07. The molecule has 0 amide bonds. The van der Waals surface area contributed by atoms with Gasteiger partial charge in [-0.05, 0) is 24.6 Å². The van der Waals surface area contributed by atoms with Gasteiger partial charge in [0.15, 0.2) is 0 Å². The van der Waals surface area contributed by atoms with E-state index in [9.17, 15) is 17.4 Å². The molecule has 1 N–H and O–H groups in total. The van der Waals surface area contributed by atoms with E-state index in [1.165, 1.54) is 24.3 Å². The second-order valence-corrected chi connectivity index (χ2v) is 5.83. The van der Waals surface area contributed by atoms with E-state index < -0.39 is 23.2 Å². The summed E-state index contributed by atoms with van der Waals surface area (Å²) in [4.78, 5) is 0.311. The van der Waals surface area contributed by atoms with Crippen LogP contribution in [-0.4, -0.2) is 10.4 Å². The highest BCUT2D eigenvalue weighted by molar-refractivity contribution is 7.83. The van der Waals surface area contributed by atoms with Crippen molar-refractivity contribution in [3.63, 3.8) is 0 Å². The highest BCUT2D eigenvalue weighted by atomic mass is 32.2. The van der Waals surface area contributed by atoms with E-state index in [1.807, 2.05) is 6.92 Å². The number of halogens is 3. The van der Waals surface area contributed by atoms with Gasteiger partial charge in [0.25, 0.3) is 0 Å². The van der Waals surface area contributed by atoms with Crippen LogP contribution in [0.25, 0.3) is 0 Å². The SMILES string of the molecule is Cc1ccc([S@](=O)N[C@H](c2ccccc2)C(F)(F)F)cc1. The Labute approximate surface area is 123 Å². The minimum atomic E-state index is -4.53. The minimum Gasteiger partial charge on any atom is -0.237 e. The normalized spacial score (nSPS) is 14.7. The molecule has 112 valence electrons. The average molecular weight is 313 g/mol. The van der Waals surface area contributed by atoms with Crippen molar-refractivity contribution >= 4 is 11.0 Å². The fourth-order valence-corrected chi connectivity index (χ4v) is 2.81. The second-order valence-electron chi connectivity index (χ2n) is 4.58. The van der Waals surface area contributed by atoms with Crippen molar-refractivity contribution in [2.75, 3.05) is 0 Å². The Morgan fingerprint density at radius 2 is 1.57 bits per heavy atom. The van der Waals surface area contributed by atoms with Crippen LogP contribution in [0.4, 0.5) is 13.2 Å². The van der Waals surface area contributed by atoms with E-state index >= 15 is 0 Å². The lowest BCUT2D eigenvalue weighted by molar-refractivity contribution is -0.152. The third kappa shape index (κ3) is 4.15. The summed E-state index contributed by atoms with van der Waals surface area (Å²) in [5, 5.41) is 0. The molecule has 0 aliphatic heterocycles. The molecule has 0 aromatic heterocycles. The maximum Gasteiger partial charge on any atom is 0.408 e. The highest BCUT2D eigenvalue weighted by Crippen LogP contribution is 2.33. The first-order chi connectivity index (χ1) is 9.88. The number of nitrogens with one attached hydrogen (secondary N) is 1. The van der Waals surface area contributed by atoms with E-state index in [0.29, 0.717) is 4.90 Å². The zero-order valence-electron chi connectivity index (χ0n) is 11.2. The van der Waals surface area contributed by atoms with Gasteiger partial charge in [-0.15, -0.1) is 0 Å². The lowest BCUT2D eigenvalue weighted by atomic mass is 10.1. The molecule has 0 saturated carbocycles. The van der Waals surface area contributed by atoms with Gasteiger partial charge in [-0.25, -0.2) is 8.93 Å². The van der Waals surface area contributed by atoms with E-state index in [2.05, 4.69) is 4.72 Å². The molecule has 2 nitrogen and oxygen atoms in total. The smallest absolute Gasteiger partial charge is 0.237 e. The van der Waals surface area contributed by atoms with Crippen molar-refractivity contribution in [1.82, 2.24) is 4.72 Å². The van der Waals surface area contributed by atoms with Crippen LogP contribution in [0, 0.1) is 6.92 Å². The average Bonchev–Trinajstić information content (AvgIpc) is 2.45. The summed E-state index contributed by atoms with van der Waals surface area (Å²) in [7, 11) is -1.94. The Hall–Kier alpha value is -1.66. The van der Waals surface area contributed by atoms with Crippen LogP contribution in [0.5, 0.6) is 0 Å². The molecule has 2 atom stereocenters. The quantitative estimate of drug-likeness (QED) is 0.911. The van der Waals surface area contributed by atoms with Gasteiger partial charge in [0, 0.05) is 0 Å². The van der Waals surface area contributed by atoms with Gasteiger partial charge in [0.1, 0.15) is 17.0 Å². The lowest BCUT2D eigenvalue weighted by Crippen LogP contribution is -2.35. The summed E-state index contributed by atoms with van der Waals surface area (Å²) in [5.41, 5.74) is 0.983. The predicted octanol–water partition coefficient (Wildman–Crippen LogP) is 3.91. The Morgan fingerprint density at radius 3 is 2.10 bits per heavy atom. The van der Waals surface area contributed by atoms with Crippen molar-refractivity contribution < 1.29 is 17.4 Å². The van der Waals surface area contributed by atoms with Crippen LogP contribution in [0.15, 0.2) is 59.5 Å². The number of hydrogen-bond acceptors (Lipinski definition) is 1. The first kappa shape index (κ1) is 15.7. The molecule has 0 heterocycles. The molecule has 6 heteroatoms. The van der Waals surface area contributed by atoms with E-state index in [4.69, 9.17) is 0 Å². The van der Waals surface area contributed by atoms with Crippen LogP contribution in [0.1, 0.15) is 17.2 Å². The van der Waals surface area contributed by atoms with Gasteiger partial charge < -0.3 is 0 Å². The molecule has 0 unspecified atom stereocenters. The topological polar surface area (TPSA) is 29.1 Å². The molecule has 21 heavy (non-hydrogen) atoms. The largest absolute Gasteiger partial charge is 0.408 e. The van der Waals surface area contributed by atoms with Gasteiger partial charge >= 0.3 is 6.18 Å². The summed E-state index contributed by atoms with van der Waals surface area (Å²) in [5.74, 6) is 0. The maximum absolute atomic E-state index is 13.1. The number of rotatable bonds is 4. The first-order valence-electron chi connectivity index (χ1n) is 6.24. The third-order valence-electron chi connectivity index (χ3n) is 2.92. The number of hydrogen-bond donors (Lipinski definition) is 1. The molecule has 0 fully saturated rings. The Kier molecular flexibility index (Phi) is 4.80. The molecule has 2 rings (SSSR count). The minimum absolute atomic E-state index is 0.0328. The summed E-state index contributed by atoms with van der Waals surface area (Å²) in [6, 6.07) is 11.9.